The van der Waals surface area contributed by atoms with E-state index in [2.05, 4.69) is 25.9 Å². The van der Waals surface area contributed by atoms with Gasteiger partial charge in [0.15, 0.2) is 5.69 Å². The van der Waals surface area contributed by atoms with Crippen LogP contribution in [0.25, 0.3) is 5.69 Å². The Hall–Kier alpha value is -2.95. The average Bonchev–Trinajstić information content (AvgIpc) is 3.24. The Morgan fingerprint density at radius 3 is 2.56 bits per heavy atom. The lowest BCUT2D eigenvalue weighted by Gasteiger charge is -2.07. The normalized spacial score (nSPS) is 11.3. The first-order valence-corrected chi connectivity index (χ1v) is 7.83. The maximum Gasteiger partial charge on any atom is 0.435 e. The highest BCUT2D eigenvalue weighted by atomic mass is 32.1. The topological polar surface area (TPSA) is 84.7 Å². The molecule has 0 radical (unpaired) electrons. The van der Waals surface area contributed by atoms with E-state index in [9.17, 15) is 18.0 Å². The van der Waals surface area contributed by atoms with Gasteiger partial charge in [-0.3, -0.25) is 5.32 Å². The highest BCUT2D eigenvalue weighted by molar-refractivity contribution is 7.13. The van der Waals surface area contributed by atoms with Crippen molar-refractivity contribution in [3.05, 3.63) is 53.3 Å². The lowest BCUT2D eigenvalue weighted by Crippen LogP contribution is -2.28. The number of carbonyl (C=O) groups excluding carboxylic acids is 1. The summed E-state index contributed by atoms with van der Waals surface area (Å²) in [6, 6.07) is 7.10. The third-order valence-corrected chi connectivity index (χ3v) is 3.72. The van der Waals surface area contributed by atoms with E-state index in [4.69, 9.17) is 0 Å². The van der Waals surface area contributed by atoms with E-state index >= 15 is 0 Å². The molecule has 0 spiro atoms. The molecule has 0 saturated heterocycles. The molecule has 3 aromatic rings. The Bertz CT molecular complexity index is 844. The van der Waals surface area contributed by atoms with E-state index < -0.39 is 17.9 Å². The highest BCUT2D eigenvalue weighted by Crippen LogP contribution is 2.27. The van der Waals surface area contributed by atoms with Crippen LogP contribution >= 0.6 is 11.3 Å². The monoisotopic (exact) mass is 368 g/mol. The predicted molar refractivity (Wildman–Crippen MR) is 84.3 cm³/mol. The standard InChI is InChI=1S/C14H11F3N6OS/c15-14(16,17)11-5-6-23(22-11)10-3-1-9(2-4-10)7-18-12(24)20-13-21-19-8-25-13/h1-6,8H,7H2,(H2,18,20,21,24). The molecule has 3 rings (SSSR count). The van der Waals surface area contributed by atoms with Crippen molar-refractivity contribution in [2.24, 2.45) is 0 Å². The van der Waals surface area contributed by atoms with Crippen LogP contribution in [0.4, 0.5) is 23.1 Å². The number of hydrogen-bond donors (Lipinski definition) is 2. The van der Waals surface area contributed by atoms with Crippen LogP contribution in [-0.2, 0) is 12.7 Å². The fourth-order valence-electron chi connectivity index (χ4n) is 1.94. The second kappa shape index (κ2) is 6.89. The minimum atomic E-state index is -4.48. The molecule has 0 fully saturated rings. The number of carbonyl (C=O) groups is 1. The Morgan fingerprint density at radius 1 is 1.20 bits per heavy atom. The lowest BCUT2D eigenvalue weighted by molar-refractivity contribution is -0.141. The summed E-state index contributed by atoms with van der Waals surface area (Å²) < 4.78 is 38.8. The largest absolute Gasteiger partial charge is 0.435 e. The third-order valence-electron chi connectivity index (χ3n) is 3.11. The fourth-order valence-corrected chi connectivity index (χ4v) is 2.38. The molecule has 0 aliphatic heterocycles. The van der Waals surface area contributed by atoms with E-state index in [1.54, 1.807) is 24.3 Å². The van der Waals surface area contributed by atoms with Crippen molar-refractivity contribution in [3.8, 4) is 5.69 Å². The number of amides is 2. The van der Waals surface area contributed by atoms with Crippen molar-refractivity contribution in [1.82, 2.24) is 25.3 Å². The quantitative estimate of drug-likeness (QED) is 0.741. The number of nitrogens with zero attached hydrogens (tertiary/aromatic N) is 4. The van der Waals surface area contributed by atoms with Crippen molar-refractivity contribution in [2.45, 2.75) is 12.7 Å². The number of benzene rings is 1. The third kappa shape index (κ3) is 4.32. The molecule has 2 heterocycles. The highest BCUT2D eigenvalue weighted by Gasteiger charge is 2.33. The summed E-state index contributed by atoms with van der Waals surface area (Å²) in [5.74, 6) is 0. The van der Waals surface area contributed by atoms with Gasteiger partial charge in [0.05, 0.1) is 5.69 Å². The molecule has 1 aromatic carbocycles. The SMILES string of the molecule is O=C(NCc1ccc(-n2ccc(C(F)(F)F)n2)cc1)Nc1nncs1. The molecule has 0 aliphatic rings. The molecule has 130 valence electrons. The summed E-state index contributed by atoms with van der Waals surface area (Å²) in [6.45, 7) is 0.248. The first-order chi connectivity index (χ1) is 11.9. The van der Waals surface area contributed by atoms with Gasteiger partial charge in [0.25, 0.3) is 0 Å². The van der Waals surface area contributed by atoms with E-state index in [-0.39, 0.29) is 6.54 Å². The van der Waals surface area contributed by atoms with Gasteiger partial charge in [0.1, 0.15) is 5.51 Å². The Morgan fingerprint density at radius 2 is 1.96 bits per heavy atom. The molecule has 2 amide bonds. The van der Waals surface area contributed by atoms with Gasteiger partial charge in [-0.05, 0) is 23.8 Å². The molecule has 11 heteroatoms. The van der Waals surface area contributed by atoms with Crippen LogP contribution in [0.5, 0.6) is 0 Å². The van der Waals surface area contributed by atoms with Gasteiger partial charge >= 0.3 is 12.2 Å². The lowest BCUT2D eigenvalue weighted by atomic mass is 10.2. The van der Waals surface area contributed by atoms with Crippen LogP contribution in [0, 0.1) is 0 Å². The number of rotatable bonds is 4. The zero-order valence-corrected chi connectivity index (χ0v) is 13.3. The number of aromatic nitrogens is 4. The number of alkyl halides is 3. The van der Waals surface area contributed by atoms with E-state index in [0.717, 1.165) is 16.3 Å². The molecular formula is C14H11F3N6OS. The van der Waals surface area contributed by atoms with E-state index in [1.165, 1.54) is 23.0 Å². The van der Waals surface area contributed by atoms with Gasteiger partial charge in [0, 0.05) is 12.7 Å². The average molecular weight is 368 g/mol. The minimum absolute atomic E-state index is 0.248. The molecular weight excluding hydrogens is 357 g/mol. The van der Waals surface area contributed by atoms with Gasteiger partial charge in [-0.2, -0.15) is 18.3 Å². The molecule has 0 saturated carbocycles. The minimum Gasteiger partial charge on any atom is -0.334 e. The second-order valence-electron chi connectivity index (χ2n) is 4.86. The fraction of sp³-hybridized carbons (Fsp3) is 0.143. The van der Waals surface area contributed by atoms with Crippen molar-refractivity contribution in [1.29, 1.82) is 0 Å². The smallest absolute Gasteiger partial charge is 0.334 e. The van der Waals surface area contributed by atoms with Crippen LogP contribution in [0.3, 0.4) is 0 Å². The number of anilines is 1. The summed E-state index contributed by atoms with van der Waals surface area (Å²) in [6.07, 6.45) is -3.24. The van der Waals surface area contributed by atoms with Crippen molar-refractivity contribution in [3.63, 3.8) is 0 Å². The number of halogens is 3. The van der Waals surface area contributed by atoms with Gasteiger partial charge in [-0.25, -0.2) is 9.48 Å². The zero-order valence-electron chi connectivity index (χ0n) is 12.5. The number of urea groups is 1. The molecule has 2 aromatic heterocycles. The van der Waals surface area contributed by atoms with Crippen LogP contribution in [-0.4, -0.2) is 26.0 Å². The Labute approximate surface area is 143 Å². The van der Waals surface area contributed by atoms with Gasteiger partial charge in [0.2, 0.25) is 5.13 Å². The maximum atomic E-state index is 12.6. The molecule has 25 heavy (non-hydrogen) atoms. The predicted octanol–water partition coefficient (Wildman–Crippen LogP) is 3.06. The van der Waals surface area contributed by atoms with E-state index in [0.29, 0.717) is 10.8 Å². The van der Waals surface area contributed by atoms with Crippen molar-refractivity contribution >= 4 is 22.5 Å². The zero-order chi connectivity index (χ0) is 17.9. The van der Waals surface area contributed by atoms with E-state index in [1.807, 2.05) is 0 Å². The summed E-state index contributed by atoms with van der Waals surface area (Å²) >= 11 is 1.19. The summed E-state index contributed by atoms with van der Waals surface area (Å²) in [5.41, 5.74) is 1.80. The van der Waals surface area contributed by atoms with Gasteiger partial charge in [-0.1, -0.05) is 23.5 Å². The van der Waals surface area contributed by atoms with Crippen LogP contribution in [0.2, 0.25) is 0 Å². The van der Waals surface area contributed by atoms with Gasteiger partial charge < -0.3 is 5.32 Å². The molecule has 0 bridgehead atoms. The Kier molecular flexibility index (Phi) is 4.65. The van der Waals surface area contributed by atoms with Gasteiger partial charge in [-0.15, -0.1) is 10.2 Å². The molecule has 2 N–H and O–H groups in total. The van der Waals surface area contributed by atoms with Crippen LogP contribution in [0.1, 0.15) is 11.3 Å². The maximum absolute atomic E-state index is 12.6. The van der Waals surface area contributed by atoms with Crippen molar-refractivity contribution in [2.75, 3.05) is 5.32 Å². The first-order valence-electron chi connectivity index (χ1n) is 6.95. The molecule has 0 aliphatic carbocycles. The number of hydrogen-bond acceptors (Lipinski definition) is 5. The first kappa shape index (κ1) is 16.9. The van der Waals surface area contributed by atoms with Crippen molar-refractivity contribution < 1.29 is 18.0 Å². The Balaban J connectivity index is 1.58. The summed E-state index contributed by atoms with van der Waals surface area (Å²) in [7, 11) is 0. The molecule has 0 unspecified atom stereocenters. The van der Waals surface area contributed by atoms with Crippen LogP contribution < -0.4 is 10.6 Å². The molecule has 0 atom stereocenters. The summed E-state index contributed by atoms with van der Waals surface area (Å²) in [5, 5.41) is 16.3. The summed E-state index contributed by atoms with van der Waals surface area (Å²) in [4.78, 5) is 11.7. The molecule has 7 nitrogen and oxygen atoms in total. The second-order valence-corrected chi connectivity index (χ2v) is 5.69. The van der Waals surface area contributed by atoms with Crippen LogP contribution in [0.15, 0.2) is 42.0 Å². The number of nitrogens with one attached hydrogen (secondary N) is 2.